The molecule has 1 heterocycles. The molecule has 0 bridgehead atoms. The third-order valence-corrected chi connectivity index (χ3v) is 5.34. The fraction of sp³-hybridized carbons (Fsp3) is 0.391. The fourth-order valence-electron chi connectivity index (χ4n) is 3.46. The van der Waals surface area contributed by atoms with Crippen LogP contribution in [0.3, 0.4) is 0 Å². The smallest absolute Gasteiger partial charge is 0.326 e. The van der Waals surface area contributed by atoms with Gasteiger partial charge in [-0.05, 0) is 43.4 Å². The van der Waals surface area contributed by atoms with Gasteiger partial charge in [0.15, 0.2) is 0 Å². The van der Waals surface area contributed by atoms with Crippen molar-refractivity contribution in [3.63, 3.8) is 0 Å². The van der Waals surface area contributed by atoms with E-state index >= 15 is 0 Å². The second-order valence-corrected chi connectivity index (χ2v) is 8.34. The highest BCUT2D eigenvalue weighted by atomic mass is 16.4. The number of hydrogen-bond acceptors (Lipinski definition) is 9. The summed E-state index contributed by atoms with van der Waals surface area (Å²) in [5, 5.41) is 26.3. The Morgan fingerprint density at radius 3 is 2.39 bits per heavy atom. The third kappa shape index (κ3) is 8.42. The Morgan fingerprint density at radius 1 is 1.17 bits per heavy atom. The van der Waals surface area contributed by atoms with Gasteiger partial charge in [0, 0.05) is 38.2 Å². The Bertz CT molecular complexity index is 1160. The predicted octanol–water partition coefficient (Wildman–Crippen LogP) is 0.636. The van der Waals surface area contributed by atoms with Crippen LogP contribution in [0.25, 0.3) is 0 Å². The lowest BCUT2D eigenvalue weighted by Crippen LogP contribution is -2.41. The van der Waals surface area contributed by atoms with E-state index < -0.39 is 23.9 Å². The Morgan fingerprint density at radius 2 is 1.83 bits per heavy atom. The normalized spacial score (nSPS) is 12.7. The first kappa shape index (κ1) is 27.8. The average Bonchev–Trinajstić information content (AvgIpc) is 2.79. The molecule has 0 spiro atoms. The second-order valence-electron chi connectivity index (χ2n) is 8.34. The summed E-state index contributed by atoms with van der Waals surface area (Å²) < 4.78 is 0. The number of aromatic nitrogens is 2. The van der Waals surface area contributed by atoms with E-state index in [1.807, 2.05) is 0 Å². The molecule has 36 heavy (non-hydrogen) atoms. The van der Waals surface area contributed by atoms with E-state index in [1.54, 1.807) is 49.6 Å². The highest BCUT2D eigenvalue weighted by molar-refractivity contribution is 5.96. The number of hydrogen-bond donors (Lipinski definition) is 6. The van der Waals surface area contributed by atoms with E-state index in [1.165, 1.54) is 0 Å². The number of hydrazone groups is 1. The quantitative estimate of drug-likeness (QED) is 0.166. The second kappa shape index (κ2) is 12.9. The summed E-state index contributed by atoms with van der Waals surface area (Å²) in [6, 6.07) is 5.28. The van der Waals surface area contributed by atoms with E-state index in [-0.39, 0.29) is 41.6 Å². The van der Waals surface area contributed by atoms with E-state index in [0.29, 0.717) is 24.8 Å². The summed E-state index contributed by atoms with van der Waals surface area (Å²) in [5.74, 6) is -3.18. The van der Waals surface area contributed by atoms with Crippen LogP contribution in [0, 0.1) is 0 Å². The molecule has 2 atom stereocenters. The van der Waals surface area contributed by atoms with Crippen LogP contribution in [0.4, 0.5) is 11.8 Å². The number of carboxylic acid groups (broad SMARTS) is 2. The van der Waals surface area contributed by atoms with Gasteiger partial charge in [0.25, 0.3) is 11.5 Å². The molecule has 2 aromatic rings. The zero-order valence-corrected chi connectivity index (χ0v) is 20.1. The Hall–Kier alpha value is -4.42. The summed E-state index contributed by atoms with van der Waals surface area (Å²) >= 11 is 0. The van der Waals surface area contributed by atoms with Crippen LogP contribution in [0.1, 0.15) is 53.1 Å². The molecular formula is C23H31N7O6. The summed E-state index contributed by atoms with van der Waals surface area (Å²) in [5.41, 5.74) is 12.4. The van der Waals surface area contributed by atoms with E-state index in [2.05, 4.69) is 20.4 Å². The van der Waals surface area contributed by atoms with Crippen molar-refractivity contribution >= 4 is 35.8 Å². The molecule has 0 radical (unpaired) electrons. The van der Waals surface area contributed by atoms with Crippen LogP contribution in [-0.4, -0.2) is 69.4 Å². The number of rotatable bonds is 13. The number of nitrogens with zero attached hydrogens (tertiary/aromatic N) is 3. The van der Waals surface area contributed by atoms with Gasteiger partial charge in [0.05, 0.1) is 5.56 Å². The number of nitrogens with one attached hydrogen (secondary N) is 2. The van der Waals surface area contributed by atoms with Crippen LogP contribution in [0.5, 0.6) is 0 Å². The number of H-pyrrole nitrogens is 1. The van der Waals surface area contributed by atoms with Gasteiger partial charge in [0.2, 0.25) is 5.95 Å². The minimum atomic E-state index is -1.31. The molecule has 0 saturated heterocycles. The number of nitrogens with two attached hydrogens (primary N) is 2. The molecular weight excluding hydrogens is 470 g/mol. The molecule has 2 rings (SSSR count). The van der Waals surface area contributed by atoms with Crippen molar-refractivity contribution in [1.29, 1.82) is 0 Å². The lowest BCUT2D eigenvalue weighted by atomic mass is 9.93. The molecule has 1 aromatic carbocycles. The molecule has 1 unspecified atom stereocenters. The Labute approximate surface area is 207 Å². The van der Waals surface area contributed by atoms with Gasteiger partial charge >= 0.3 is 11.9 Å². The number of nitrogen functional groups attached to an aromatic ring is 2. The van der Waals surface area contributed by atoms with Crippen molar-refractivity contribution in [1.82, 2.24) is 20.3 Å². The molecule has 13 nitrogen and oxygen atoms in total. The molecule has 0 aliphatic carbocycles. The van der Waals surface area contributed by atoms with Crippen LogP contribution in [-0.2, 0) is 16.0 Å². The largest absolute Gasteiger partial charge is 0.481 e. The molecule has 0 aliphatic rings. The molecule has 1 amide bonds. The lowest BCUT2D eigenvalue weighted by molar-refractivity contribution is -0.140. The third-order valence-electron chi connectivity index (χ3n) is 5.34. The van der Waals surface area contributed by atoms with Crippen molar-refractivity contribution in [2.24, 2.45) is 5.10 Å². The summed E-state index contributed by atoms with van der Waals surface area (Å²) in [4.78, 5) is 53.0. The first-order valence-electron chi connectivity index (χ1n) is 11.2. The zero-order chi connectivity index (χ0) is 26.8. The zero-order valence-electron chi connectivity index (χ0n) is 20.1. The van der Waals surface area contributed by atoms with Crippen molar-refractivity contribution in [3.8, 4) is 0 Å². The highest BCUT2D eigenvalue weighted by Crippen LogP contribution is 2.22. The number of anilines is 2. The summed E-state index contributed by atoms with van der Waals surface area (Å²) in [6.45, 7) is 0. The van der Waals surface area contributed by atoms with Gasteiger partial charge in [-0.1, -0.05) is 12.1 Å². The maximum Gasteiger partial charge on any atom is 0.326 e. The molecule has 0 saturated carbocycles. The summed E-state index contributed by atoms with van der Waals surface area (Å²) in [7, 11) is 3.56. The minimum absolute atomic E-state index is 0.0436. The van der Waals surface area contributed by atoms with Crippen LogP contribution < -0.4 is 22.3 Å². The van der Waals surface area contributed by atoms with Crippen molar-refractivity contribution in [2.75, 3.05) is 25.6 Å². The monoisotopic (exact) mass is 501 g/mol. The maximum atomic E-state index is 12.5. The number of aliphatic carboxylic acids is 2. The first-order valence-corrected chi connectivity index (χ1v) is 11.2. The van der Waals surface area contributed by atoms with Crippen LogP contribution in [0.2, 0.25) is 0 Å². The van der Waals surface area contributed by atoms with E-state index in [0.717, 1.165) is 5.56 Å². The molecule has 0 aliphatic heterocycles. The maximum absolute atomic E-state index is 12.5. The van der Waals surface area contributed by atoms with Crippen LogP contribution in [0.15, 0.2) is 34.2 Å². The van der Waals surface area contributed by atoms with E-state index in [9.17, 15) is 24.3 Å². The Kier molecular flexibility index (Phi) is 9.95. The number of carbonyl (C=O) groups excluding carboxylic acids is 1. The van der Waals surface area contributed by atoms with Gasteiger partial charge in [-0.25, -0.2) is 4.79 Å². The van der Waals surface area contributed by atoms with Crippen molar-refractivity contribution in [2.45, 2.75) is 44.1 Å². The Balaban J connectivity index is 2.12. The van der Waals surface area contributed by atoms with Gasteiger partial charge < -0.3 is 32.0 Å². The molecule has 13 heteroatoms. The number of benzene rings is 1. The molecule has 194 valence electrons. The van der Waals surface area contributed by atoms with Crippen molar-refractivity contribution in [3.05, 3.63) is 51.3 Å². The lowest BCUT2D eigenvalue weighted by Gasteiger charge is -2.16. The van der Waals surface area contributed by atoms with Gasteiger partial charge in [-0.3, -0.25) is 19.4 Å². The number of carbonyl (C=O) groups is 3. The first-order chi connectivity index (χ1) is 17.0. The number of aromatic amines is 1. The number of carboxylic acids is 2. The van der Waals surface area contributed by atoms with Gasteiger partial charge in [-0.2, -0.15) is 10.1 Å². The average molecular weight is 502 g/mol. The topological polar surface area (TPSA) is 217 Å². The fourth-order valence-corrected chi connectivity index (χ4v) is 3.46. The van der Waals surface area contributed by atoms with Gasteiger partial charge in [-0.15, -0.1) is 0 Å². The van der Waals surface area contributed by atoms with Crippen molar-refractivity contribution < 1.29 is 24.6 Å². The predicted molar refractivity (Wildman–Crippen MR) is 134 cm³/mol. The highest BCUT2D eigenvalue weighted by Gasteiger charge is 2.22. The number of amides is 1. The SMILES string of the molecule is CN(C)/N=C/C(CCCc1c(N)nc(N)[nH]c1=O)c1ccc(C(=O)N[C@H](CCC(=O)O)C(=O)O)cc1. The molecule has 1 aromatic heterocycles. The minimum Gasteiger partial charge on any atom is -0.481 e. The standard InChI is InChI=1S/C23H31N7O6/c1-30(2)26-12-15(4-3-5-16-19(24)28-23(25)29-21(16)34)13-6-8-14(9-7-13)20(33)27-17(22(35)36)10-11-18(31)32/h6-9,12,15,17H,3-5,10-11H2,1-2H3,(H,27,33)(H,31,32)(H,35,36)(H5,24,25,28,29,34)/b26-12+/t15?,17-/m1/s1. The molecule has 8 N–H and O–H groups in total. The van der Waals surface area contributed by atoms with Crippen LogP contribution >= 0.6 is 0 Å². The molecule has 0 fully saturated rings. The summed E-state index contributed by atoms with van der Waals surface area (Å²) in [6.07, 6.45) is 2.74. The van der Waals surface area contributed by atoms with E-state index in [4.69, 9.17) is 16.6 Å². The van der Waals surface area contributed by atoms with Gasteiger partial charge in [0.1, 0.15) is 11.9 Å².